The van der Waals surface area contributed by atoms with Crippen LogP contribution in [0, 0.1) is 0 Å². The van der Waals surface area contributed by atoms with Crippen molar-refractivity contribution < 1.29 is 0 Å². The molecule has 3 aromatic heterocycles. The van der Waals surface area contributed by atoms with Gasteiger partial charge < -0.3 is 15.6 Å². The first-order valence-electron chi connectivity index (χ1n) is 9.81. The zero-order valence-electron chi connectivity index (χ0n) is 16.8. The van der Waals surface area contributed by atoms with Crippen LogP contribution < -0.4 is 16.6 Å². The van der Waals surface area contributed by atoms with Crippen LogP contribution in [0.2, 0.25) is 0 Å². The third-order valence-electron chi connectivity index (χ3n) is 4.95. The summed E-state index contributed by atoms with van der Waals surface area (Å²) in [4.78, 5) is 22.1. The number of pyridine rings is 1. The Morgan fingerprint density at radius 1 is 1.03 bits per heavy atom. The second kappa shape index (κ2) is 8.75. The number of rotatable bonds is 7. The predicted molar refractivity (Wildman–Crippen MR) is 119 cm³/mol. The van der Waals surface area contributed by atoms with Gasteiger partial charge in [0.2, 0.25) is 5.95 Å². The SMILES string of the molecule is Cn1c(NC[C@@H](N)Cc2ccccc2)nc(-c2ccncc2)c(-n2cccc2)c1=O. The van der Waals surface area contributed by atoms with Gasteiger partial charge in [-0.2, -0.15) is 0 Å². The Balaban J connectivity index is 1.66. The minimum absolute atomic E-state index is 0.113. The van der Waals surface area contributed by atoms with E-state index in [9.17, 15) is 4.79 Å². The third kappa shape index (κ3) is 4.16. The lowest BCUT2D eigenvalue weighted by molar-refractivity contribution is 0.687. The molecule has 152 valence electrons. The van der Waals surface area contributed by atoms with Gasteiger partial charge in [0.05, 0.1) is 0 Å². The zero-order valence-corrected chi connectivity index (χ0v) is 16.8. The van der Waals surface area contributed by atoms with Crippen molar-refractivity contribution in [2.24, 2.45) is 12.8 Å². The topological polar surface area (TPSA) is 90.8 Å². The second-order valence-electron chi connectivity index (χ2n) is 7.15. The molecule has 0 amide bonds. The van der Waals surface area contributed by atoms with Crippen LogP contribution in [0.4, 0.5) is 5.95 Å². The van der Waals surface area contributed by atoms with Gasteiger partial charge in [0.15, 0.2) is 0 Å². The number of nitrogens with two attached hydrogens (primary N) is 1. The number of benzene rings is 1. The van der Waals surface area contributed by atoms with Crippen molar-refractivity contribution in [3.63, 3.8) is 0 Å². The van der Waals surface area contributed by atoms with E-state index in [0.29, 0.717) is 23.9 Å². The van der Waals surface area contributed by atoms with Crippen LogP contribution in [0.25, 0.3) is 16.9 Å². The zero-order chi connectivity index (χ0) is 20.9. The quantitative estimate of drug-likeness (QED) is 0.498. The van der Waals surface area contributed by atoms with Crippen LogP contribution in [-0.4, -0.2) is 31.7 Å². The van der Waals surface area contributed by atoms with Crippen LogP contribution >= 0.6 is 0 Å². The van der Waals surface area contributed by atoms with Gasteiger partial charge in [-0.25, -0.2) is 4.98 Å². The molecule has 4 rings (SSSR count). The summed E-state index contributed by atoms with van der Waals surface area (Å²) in [5.41, 5.74) is 9.25. The molecule has 0 aliphatic carbocycles. The summed E-state index contributed by atoms with van der Waals surface area (Å²) in [6, 6.07) is 17.4. The van der Waals surface area contributed by atoms with Gasteiger partial charge in [-0.15, -0.1) is 0 Å². The van der Waals surface area contributed by atoms with Crippen LogP contribution in [0.1, 0.15) is 5.56 Å². The molecule has 30 heavy (non-hydrogen) atoms. The standard InChI is InChI=1S/C23H24N6O/c1-28-22(30)21(29-13-5-6-14-29)20(18-9-11-25-12-10-18)27-23(28)26-16-19(24)15-17-7-3-2-4-8-17/h2-14,19H,15-16,24H2,1H3,(H,26,27)/t19-/m0/s1. The predicted octanol–water partition coefficient (Wildman–Crippen LogP) is 2.61. The van der Waals surface area contributed by atoms with Gasteiger partial charge in [-0.1, -0.05) is 30.3 Å². The average molecular weight is 400 g/mol. The fraction of sp³-hybridized carbons (Fsp3) is 0.174. The molecule has 0 saturated carbocycles. The number of hydrogen-bond donors (Lipinski definition) is 2. The Bertz CT molecular complexity index is 1150. The summed E-state index contributed by atoms with van der Waals surface area (Å²) in [5.74, 6) is 0.478. The van der Waals surface area contributed by atoms with Crippen molar-refractivity contribution >= 4 is 5.95 Å². The fourth-order valence-electron chi connectivity index (χ4n) is 3.39. The van der Waals surface area contributed by atoms with Gasteiger partial charge in [0.1, 0.15) is 11.4 Å². The average Bonchev–Trinajstić information content (AvgIpc) is 3.30. The fourth-order valence-corrected chi connectivity index (χ4v) is 3.39. The Hall–Kier alpha value is -3.71. The van der Waals surface area contributed by atoms with Crippen LogP contribution in [0.3, 0.4) is 0 Å². The lowest BCUT2D eigenvalue weighted by Crippen LogP contribution is -2.34. The molecule has 4 aromatic rings. The summed E-state index contributed by atoms with van der Waals surface area (Å²) in [6.45, 7) is 0.494. The first-order valence-corrected chi connectivity index (χ1v) is 9.81. The van der Waals surface area contributed by atoms with Crippen molar-refractivity contribution in [1.82, 2.24) is 19.1 Å². The van der Waals surface area contributed by atoms with Crippen molar-refractivity contribution in [2.75, 3.05) is 11.9 Å². The van der Waals surface area contributed by atoms with Crippen molar-refractivity contribution in [2.45, 2.75) is 12.5 Å². The summed E-state index contributed by atoms with van der Waals surface area (Å²) in [7, 11) is 1.71. The molecule has 1 atom stereocenters. The van der Waals surface area contributed by atoms with Crippen LogP contribution in [-0.2, 0) is 13.5 Å². The molecule has 0 aliphatic heterocycles. The smallest absolute Gasteiger partial charge is 0.279 e. The normalized spacial score (nSPS) is 11.9. The van der Waals surface area contributed by atoms with Crippen molar-refractivity contribution in [1.29, 1.82) is 0 Å². The van der Waals surface area contributed by atoms with E-state index in [-0.39, 0.29) is 11.6 Å². The molecule has 0 radical (unpaired) electrons. The highest BCUT2D eigenvalue weighted by atomic mass is 16.1. The van der Waals surface area contributed by atoms with Gasteiger partial charge in [-0.05, 0) is 36.2 Å². The molecule has 0 bridgehead atoms. The van der Waals surface area contributed by atoms with E-state index in [4.69, 9.17) is 10.7 Å². The maximum absolute atomic E-state index is 13.2. The molecule has 3 heterocycles. The van der Waals surface area contributed by atoms with E-state index in [1.165, 1.54) is 10.1 Å². The number of hydrogen-bond acceptors (Lipinski definition) is 5. The van der Waals surface area contributed by atoms with Gasteiger partial charge in [0, 0.05) is 50.0 Å². The Kier molecular flexibility index (Phi) is 5.72. The maximum Gasteiger partial charge on any atom is 0.279 e. The Morgan fingerprint density at radius 3 is 2.43 bits per heavy atom. The molecule has 0 spiro atoms. The van der Waals surface area contributed by atoms with E-state index >= 15 is 0 Å². The van der Waals surface area contributed by atoms with E-state index in [1.54, 1.807) is 24.0 Å². The van der Waals surface area contributed by atoms with Gasteiger partial charge >= 0.3 is 0 Å². The minimum Gasteiger partial charge on any atom is -0.354 e. The molecular formula is C23H24N6O. The second-order valence-corrected chi connectivity index (χ2v) is 7.15. The largest absolute Gasteiger partial charge is 0.354 e. The maximum atomic E-state index is 13.2. The van der Waals surface area contributed by atoms with Gasteiger partial charge in [-0.3, -0.25) is 14.3 Å². The Labute approximate surface area is 174 Å². The Morgan fingerprint density at radius 2 is 1.73 bits per heavy atom. The van der Waals surface area contributed by atoms with Crippen LogP contribution in [0.5, 0.6) is 0 Å². The number of nitrogens with zero attached hydrogens (tertiary/aromatic N) is 4. The molecule has 0 fully saturated rings. The van der Waals surface area contributed by atoms with Gasteiger partial charge in [0.25, 0.3) is 5.56 Å². The van der Waals surface area contributed by atoms with Crippen molar-refractivity contribution in [3.8, 4) is 16.9 Å². The molecule has 3 N–H and O–H groups in total. The van der Waals surface area contributed by atoms with E-state index in [0.717, 1.165) is 12.0 Å². The summed E-state index contributed by atoms with van der Waals surface area (Å²) >= 11 is 0. The third-order valence-corrected chi connectivity index (χ3v) is 4.95. The highest BCUT2D eigenvalue weighted by molar-refractivity contribution is 5.69. The molecule has 7 heteroatoms. The summed E-state index contributed by atoms with van der Waals surface area (Å²) in [6.07, 6.45) is 7.80. The van der Waals surface area contributed by atoms with Crippen LogP contribution in [0.15, 0.2) is 84.2 Å². The monoisotopic (exact) mass is 400 g/mol. The molecule has 7 nitrogen and oxygen atoms in total. The molecule has 0 unspecified atom stereocenters. The summed E-state index contributed by atoms with van der Waals surface area (Å²) < 4.78 is 3.31. The molecule has 0 aliphatic rings. The van der Waals surface area contributed by atoms with E-state index in [1.807, 2.05) is 54.9 Å². The molecule has 0 saturated heterocycles. The number of aromatic nitrogens is 4. The first-order chi connectivity index (χ1) is 14.6. The van der Waals surface area contributed by atoms with E-state index in [2.05, 4.69) is 22.4 Å². The highest BCUT2D eigenvalue weighted by Gasteiger charge is 2.18. The molecular weight excluding hydrogens is 376 g/mol. The highest BCUT2D eigenvalue weighted by Crippen LogP contribution is 2.23. The van der Waals surface area contributed by atoms with Crippen molar-refractivity contribution in [3.05, 3.63) is 95.3 Å². The summed E-state index contributed by atoms with van der Waals surface area (Å²) in [5, 5.41) is 3.26. The lowest BCUT2D eigenvalue weighted by atomic mass is 10.1. The first kappa shape index (κ1) is 19.6. The number of nitrogens with one attached hydrogen (secondary N) is 1. The lowest BCUT2D eigenvalue weighted by Gasteiger charge is -2.18. The number of anilines is 1. The minimum atomic E-state index is -0.146. The van der Waals surface area contributed by atoms with E-state index < -0.39 is 0 Å². The molecule has 1 aromatic carbocycles.